The normalized spacial score (nSPS) is 28.8. The molecule has 1 unspecified atom stereocenters. The third kappa shape index (κ3) is 5.40. The fourth-order valence-electron chi connectivity index (χ4n) is 2.35. The molecule has 0 saturated carbocycles. The van der Waals surface area contributed by atoms with Crippen LogP contribution in [-0.4, -0.2) is 50.1 Å². The molecule has 1 aromatic heterocycles. The van der Waals surface area contributed by atoms with Crippen molar-refractivity contribution in [2.24, 2.45) is 5.92 Å². The number of rotatable bonds is 7. The number of hydrogen-bond acceptors (Lipinski definition) is 8. The van der Waals surface area contributed by atoms with Gasteiger partial charge in [0, 0.05) is 25.3 Å². The summed E-state index contributed by atoms with van der Waals surface area (Å²) in [6.07, 6.45) is -3.14. The van der Waals surface area contributed by atoms with E-state index in [0.29, 0.717) is 0 Å². The highest BCUT2D eigenvalue weighted by atomic mass is 32.5. The Labute approximate surface area is 152 Å². The minimum Gasteiger partial charge on any atom is -0.337 e. The molecule has 15 heteroatoms. The van der Waals surface area contributed by atoms with Crippen LogP contribution in [0.4, 0.5) is 0 Å². The van der Waals surface area contributed by atoms with Gasteiger partial charge in [-0.2, -0.15) is 0 Å². The highest BCUT2D eigenvalue weighted by Crippen LogP contribution is 2.48. The van der Waals surface area contributed by atoms with Crippen LogP contribution in [0.2, 0.25) is 0 Å². The molecule has 0 radical (unpaired) electrons. The molecule has 12 nitrogen and oxygen atoms in total. The van der Waals surface area contributed by atoms with E-state index in [1.165, 1.54) is 6.20 Å². The van der Waals surface area contributed by atoms with Crippen LogP contribution in [0.15, 0.2) is 21.9 Å². The molecule has 0 spiro atoms. The van der Waals surface area contributed by atoms with Crippen molar-refractivity contribution >= 4 is 26.1 Å². The van der Waals surface area contributed by atoms with E-state index < -0.39 is 56.5 Å². The second-order valence-corrected chi connectivity index (χ2v) is 9.97. The number of aromatic nitrogens is 2. The van der Waals surface area contributed by atoms with Crippen LogP contribution in [0.25, 0.3) is 0 Å². The van der Waals surface area contributed by atoms with Crippen LogP contribution in [0.1, 0.15) is 13.2 Å². The largest absolute Gasteiger partial charge is 0.353 e. The summed E-state index contributed by atoms with van der Waals surface area (Å²) in [5.74, 6) is -0.703. The third-order valence-corrected chi connectivity index (χ3v) is 5.40. The Bertz CT molecular complexity index is 850. The molecule has 1 aliphatic heterocycles. The van der Waals surface area contributed by atoms with E-state index in [-0.39, 0.29) is 0 Å². The predicted octanol–water partition coefficient (Wildman–Crippen LogP) is -0.572. The number of aromatic amines is 1. The van der Waals surface area contributed by atoms with Gasteiger partial charge in [-0.3, -0.25) is 23.4 Å². The number of H-pyrrole nitrogens is 1. The first-order chi connectivity index (χ1) is 11.9. The maximum atomic E-state index is 12.0. The van der Waals surface area contributed by atoms with Gasteiger partial charge >= 0.3 is 20.0 Å². The molecule has 1 fully saturated rings. The molecular weight excluding hydrogens is 414 g/mol. The number of hydrogen-bond donors (Lipinski definition) is 4. The first kappa shape index (κ1) is 21.6. The van der Waals surface area contributed by atoms with E-state index in [2.05, 4.69) is 21.3 Å². The molecule has 0 amide bonds. The molecule has 1 aliphatic rings. The zero-order valence-electron chi connectivity index (χ0n) is 13.6. The first-order valence-corrected chi connectivity index (χ1v) is 11.5. The molecule has 1 saturated heterocycles. The van der Waals surface area contributed by atoms with E-state index in [4.69, 9.17) is 14.0 Å². The van der Waals surface area contributed by atoms with Crippen molar-refractivity contribution in [1.29, 1.82) is 0 Å². The van der Waals surface area contributed by atoms with E-state index >= 15 is 0 Å². The Kier molecular flexibility index (Phi) is 6.73. The van der Waals surface area contributed by atoms with Crippen molar-refractivity contribution in [2.45, 2.75) is 25.5 Å². The number of nitrogens with zero attached hydrogens (tertiary/aromatic N) is 1. The van der Waals surface area contributed by atoms with Crippen LogP contribution in [-0.2, 0) is 34.9 Å². The molecular formula is C11H18N2O10P2S. The van der Waals surface area contributed by atoms with E-state index in [0.717, 1.165) is 17.7 Å². The maximum Gasteiger partial charge on any atom is 0.353 e. The van der Waals surface area contributed by atoms with E-state index in [1.54, 1.807) is 6.92 Å². The fourth-order valence-corrected chi connectivity index (χ4v) is 3.70. The summed E-state index contributed by atoms with van der Waals surface area (Å²) in [5, 5.41) is 0. The molecule has 1 aromatic rings. The fraction of sp³-hybridized carbons (Fsp3) is 0.636. The lowest BCUT2D eigenvalue weighted by atomic mass is 10.1. The molecule has 0 aromatic carbocycles. The van der Waals surface area contributed by atoms with Crippen molar-refractivity contribution in [1.82, 2.24) is 9.55 Å². The van der Waals surface area contributed by atoms with Gasteiger partial charge in [0.2, 0.25) is 0 Å². The summed E-state index contributed by atoms with van der Waals surface area (Å²) >= 11 is 4.45. The van der Waals surface area contributed by atoms with Gasteiger partial charge in [-0.1, -0.05) is 6.92 Å². The standard InChI is InChI=1S/C11H18N2O10P2S/c1-6-8(23-25(18,19)26)10(21-5-24(16,17)20-2)22-9(6)13-4-3-7(14)12-11(13)15/h3-4,6,8-10H,5H2,1-2H3,(H,16,17)(H,12,14,15)(H2,18,19,26)/t6-,8+,9-,10+/m1/s1. The lowest BCUT2D eigenvalue weighted by Gasteiger charge is -2.23. The highest BCUT2D eigenvalue weighted by Gasteiger charge is 2.47. The molecule has 148 valence electrons. The summed E-state index contributed by atoms with van der Waals surface area (Å²) in [6.45, 7) is -2.58. The Hall–Kier alpha value is -0.720. The topological polar surface area (TPSA) is 170 Å². The van der Waals surface area contributed by atoms with Gasteiger partial charge < -0.3 is 28.7 Å². The lowest BCUT2D eigenvalue weighted by molar-refractivity contribution is -0.166. The van der Waals surface area contributed by atoms with Gasteiger partial charge in [-0.05, 0) is 11.8 Å². The van der Waals surface area contributed by atoms with Gasteiger partial charge in [-0.15, -0.1) is 0 Å². The Morgan fingerprint density at radius 3 is 2.58 bits per heavy atom. The summed E-state index contributed by atoms with van der Waals surface area (Å²) in [6, 6.07) is 1.09. The molecule has 5 atom stereocenters. The molecule has 4 N–H and O–H groups in total. The van der Waals surface area contributed by atoms with Crippen LogP contribution < -0.4 is 11.2 Å². The van der Waals surface area contributed by atoms with Crippen LogP contribution in [0, 0.1) is 5.92 Å². The Morgan fingerprint density at radius 2 is 2.04 bits per heavy atom. The molecule has 2 rings (SSSR count). The maximum absolute atomic E-state index is 12.0. The zero-order valence-corrected chi connectivity index (χ0v) is 16.2. The van der Waals surface area contributed by atoms with Gasteiger partial charge in [0.25, 0.3) is 5.56 Å². The predicted molar refractivity (Wildman–Crippen MR) is 90.8 cm³/mol. The minimum absolute atomic E-state index is 0.611. The lowest BCUT2D eigenvalue weighted by Crippen LogP contribution is -2.34. The van der Waals surface area contributed by atoms with Crippen LogP contribution in [0.3, 0.4) is 0 Å². The third-order valence-electron chi connectivity index (χ3n) is 3.58. The first-order valence-electron chi connectivity index (χ1n) is 7.13. The van der Waals surface area contributed by atoms with E-state index in [1.807, 2.05) is 0 Å². The Balaban J connectivity index is 2.30. The molecule has 0 bridgehead atoms. The SMILES string of the molecule is COP(=O)(O)CO[C@H]1O[C@@H](n2ccc(=O)[nH]c2=O)[C@H](C)[C@@H]1OP(O)(O)=S. The zero-order chi connectivity index (χ0) is 19.7. The number of nitrogens with one attached hydrogen (secondary N) is 1. The van der Waals surface area contributed by atoms with Crippen LogP contribution in [0.5, 0.6) is 0 Å². The van der Waals surface area contributed by atoms with E-state index in [9.17, 15) is 28.8 Å². The molecule has 26 heavy (non-hydrogen) atoms. The smallest absolute Gasteiger partial charge is 0.337 e. The second-order valence-electron chi connectivity index (χ2n) is 5.45. The van der Waals surface area contributed by atoms with Gasteiger partial charge in [0.15, 0.2) is 12.6 Å². The second kappa shape index (κ2) is 8.11. The highest BCUT2D eigenvalue weighted by molar-refractivity contribution is 8.06. The quantitative estimate of drug-likeness (QED) is 0.407. The average molecular weight is 432 g/mol. The summed E-state index contributed by atoms with van der Waals surface area (Å²) in [7, 11) is -3.03. The average Bonchev–Trinajstić information content (AvgIpc) is 2.81. The van der Waals surface area contributed by atoms with Gasteiger partial charge in [-0.25, -0.2) is 4.79 Å². The monoisotopic (exact) mass is 432 g/mol. The van der Waals surface area contributed by atoms with Gasteiger partial charge in [0.1, 0.15) is 12.3 Å². The summed E-state index contributed by atoms with van der Waals surface area (Å²) in [4.78, 5) is 53.5. The number of ether oxygens (including phenoxy) is 2. The van der Waals surface area contributed by atoms with Crippen LogP contribution >= 0.6 is 14.3 Å². The minimum atomic E-state index is -4.13. The van der Waals surface area contributed by atoms with Crippen molar-refractivity contribution in [3.63, 3.8) is 0 Å². The van der Waals surface area contributed by atoms with Crippen molar-refractivity contribution in [2.75, 3.05) is 13.5 Å². The van der Waals surface area contributed by atoms with Crippen molar-refractivity contribution < 1.29 is 37.8 Å². The van der Waals surface area contributed by atoms with Crippen molar-refractivity contribution in [3.05, 3.63) is 33.1 Å². The van der Waals surface area contributed by atoms with Gasteiger partial charge in [0.05, 0.1) is 0 Å². The summed E-state index contributed by atoms with van der Waals surface area (Å²) in [5.41, 5.74) is -1.38. The Morgan fingerprint density at radius 1 is 1.38 bits per heavy atom. The molecule has 2 heterocycles. The summed E-state index contributed by atoms with van der Waals surface area (Å²) < 4.78 is 32.7. The van der Waals surface area contributed by atoms with Crippen molar-refractivity contribution in [3.8, 4) is 0 Å². The molecule has 0 aliphatic carbocycles.